The summed E-state index contributed by atoms with van der Waals surface area (Å²) in [5.41, 5.74) is 0.963. The van der Waals surface area contributed by atoms with E-state index < -0.39 is 0 Å². The molecular formula is C14H20O2. The monoisotopic (exact) mass is 220 g/mol. The van der Waals surface area contributed by atoms with Crippen molar-refractivity contribution in [3.05, 3.63) is 29.8 Å². The zero-order valence-electron chi connectivity index (χ0n) is 9.91. The molecule has 0 radical (unpaired) electrons. The smallest absolute Gasteiger partial charge is 0.121 e. The standard InChI is InChI=1S/C14H20O2/c1-2-14(9-5-6-10-14)16-11-12-7-3-4-8-13(12)15/h3-4,7-8,15H,2,5-6,9-11H2,1H3. The number of hydrogen-bond donors (Lipinski definition) is 1. The fourth-order valence-electron chi connectivity index (χ4n) is 2.48. The van der Waals surface area contributed by atoms with Crippen molar-refractivity contribution >= 4 is 0 Å². The number of aromatic hydroxyl groups is 1. The maximum Gasteiger partial charge on any atom is 0.121 e. The van der Waals surface area contributed by atoms with Crippen molar-refractivity contribution in [3.8, 4) is 5.75 Å². The molecule has 0 spiro atoms. The van der Waals surface area contributed by atoms with E-state index in [1.165, 1.54) is 12.8 Å². The van der Waals surface area contributed by atoms with E-state index in [1.54, 1.807) is 6.07 Å². The number of phenolic OH excluding ortho intramolecular Hbond substituents is 1. The van der Waals surface area contributed by atoms with Crippen LogP contribution in [0.15, 0.2) is 24.3 Å². The van der Waals surface area contributed by atoms with E-state index in [0.29, 0.717) is 12.4 Å². The summed E-state index contributed by atoms with van der Waals surface area (Å²) in [6.07, 6.45) is 5.94. The molecule has 1 aliphatic rings. The molecule has 2 nitrogen and oxygen atoms in total. The van der Waals surface area contributed by atoms with Crippen LogP contribution >= 0.6 is 0 Å². The lowest BCUT2D eigenvalue weighted by atomic mass is 9.99. The van der Waals surface area contributed by atoms with Crippen LogP contribution in [0.25, 0.3) is 0 Å². The van der Waals surface area contributed by atoms with Gasteiger partial charge in [-0.3, -0.25) is 0 Å². The highest BCUT2D eigenvalue weighted by atomic mass is 16.5. The van der Waals surface area contributed by atoms with Crippen molar-refractivity contribution in [1.82, 2.24) is 0 Å². The Balaban J connectivity index is 1.98. The molecule has 16 heavy (non-hydrogen) atoms. The summed E-state index contributed by atoms with van der Waals surface area (Å²) < 4.78 is 6.05. The summed E-state index contributed by atoms with van der Waals surface area (Å²) in [5, 5.41) is 9.66. The summed E-state index contributed by atoms with van der Waals surface area (Å²) in [6, 6.07) is 7.41. The van der Waals surface area contributed by atoms with Gasteiger partial charge >= 0.3 is 0 Å². The highest BCUT2D eigenvalue weighted by Gasteiger charge is 2.32. The third-order valence-corrected chi connectivity index (χ3v) is 3.68. The maximum atomic E-state index is 9.66. The predicted octanol–water partition coefficient (Wildman–Crippen LogP) is 3.63. The van der Waals surface area contributed by atoms with Crippen molar-refractivity contribution in [2.45, 2.75) is 51.2 Å². The van der Waals surface area contributed by atoms with Crippen LogP contribution in [-0.4, -0.2) is 10.7 Å². The molecular weight excluding hydrogens is 200 g/mol. The Morgan fingerprint density at radius 3 is 2.56 bits per heavy atom. The first kappa shape index (κ1) is 11.5. The van der Waals surface area contributed by atoms with Gasteiger partial charge < -0.3 is 9.84 Å². The molecule has 0 unspecified atom stereocenters. The van der Waals surface area contributed by atoms with Gasteiger partial charge in [-0.2, -0.15) is 0 Å². The molecule has 0 heterocycles. The van der Waals surface area contributed by atoms with Crippen LogP contribution < -0.4 is 0 Å². The Kier molecular flexibility index (Phi) is 3.49. The summed E-state index contributed by atoms with van der Waals surface area (Å²) >= 11 is 0. The second-order valence-electron chi connectivity index (χ2n) is 4.66. The highest BCUT2D eigenvalue weighted by molar-refractivity contribution is 5.31. The number of hydrogen-bond acceptors (Lipinski definition) is 2. The zero-order valence-corrected chi connectivity index (χ0v) is 9.91. The minimum Gasteiger partial charge on any atom is -0.508 e. The van der Waals surface area contributed by atoms with Crippen LogP contribution in [0.3, 0.4) is 0 Å². The number of benzene rings is 1. The molecule has 1 aliphatic carbocycles. The summed E-state index contributed by atoms with van der Waals surface area (Å²) in [6.45, 7) is 2.72. The average molecular weight is 220 g/mol. The number of phenols is 1. The van der Waals surface area contributed by atoms with Crippen molar-refractivity contribution < 1.29 is 9.84 Å². The van der Waals surface area contributed by atoms with E-state index in [0.717, 1.165) is 24.8 Å². The van der Waals surface area contributed by atoms with Crippen molar-refractivity contribution in [2.75, 3.05) is 0 Å². The molecule has 1 aromatic carbocycles. The topological polar surface area (TPSA) is 29.5 Å². The summed E-state index contributed by atoms with van der Waals surface area (Å²) in [7, 11) is 0. The van der Waals surface area contributed by atoms with Gasteiger partial charge in [0.1, 0.15) is 5.75 Å². The molecule has 0 aliphatic heterocycles. The predicted molar refractivity (Wildman–Crippen MR) is 64.4 cm³/mol. The first-order valence-electron chi connectivity index (χ1n) is 6.17. The molecule has 0 amide bonds. The average Bonchev–Trinajstić information content (AvgIpc) is 2.78. The van der Waals surface area contributed by atoms with Crippen molar-refractivity contribution in [3.63, 3.8) is 0 Å². The largest absolute Gasteiger partial charge is 0.508 e. The second kappa shape index (κ2) is 4.88. The van der Waals surface area contributed by atoms with E-state index in [2.05, 4.69) is 6.92 Å². The molecule has 2 heteroatoms. The zero-order chi connectivity index (χ0) is 11.4. The Morgan fingerprint density at radius 1 is 1.25 bits per heavy atom. The fourth-order valence-corrected chi connectivity index (χ4v) is 2.48. The lowest BCUT2D eigenvalue weighted by Gasteiger charge is -2.28. The van der Waals surface area contributed by atoms with Crippen LogP contribution in [-0.2, 0) is 11.3 Å². The van der Waals surface area contributed by atoms with Gasteiger partial charge in [-0.05, 0) is 25.3 Å². The molecule has 1 aromatic rings. The first-order valence-corrected chi connectivity index (χ1v) is 6.17. The maximum absolute atomic E-state index is 9.66. The van der Waals surface area contributed by atoms with Gasteiger partial charge in [0.2, 0.25) is 0 Å². The van der Waals surface area contributed by atoms with Gasteiger partial charge in [-0.25, -0.2) is 0 Å². The van der Waals surface area contributed by atoms with Gasteiger partial charge in [0.25, 0.3) is 0 Å². The van der Waals surface area contributed by atoms with E-state index in [4.69, 9.17) is 4.74 Å². The number of para-hydroxylation sites is 1. The van der Waals surface area contributed by atoms with Gasteiger partial charge in [0, 0.05) is 5.56 Å². The third kappa shape index (κ3) is 2.38. The quantitative estimate of drug-likeness (QED) is 0.839. The van der Waals surface area contributed by atoms with Crippen LogP contribution in [0.2, 0.25) is 0 Å². The Morgan fingerprint density at radius 2 is 1.94 bits per heavy atom. The van der Waals surface area contributed by atoms with E-state index in [1.807, 2.05) is 18.2 Å². The Labute approximate surface area is 97.3 Å². The van der Waals surface area contributed by atoms with Crippen LogP contribution in [0.4, 0.5) is 0 Å². The van der Waals surface area contributed by atoms with Crippen molar-refractivity contribution in [1.29, 1.82) is 0 Å². The Hall–Kier alpha value is -1.02. The molecule has 88 valence electrons. The first-order chi connectivity index (χ1) is 7.76. The summed E-state index contributed by atoms with van der Waals surface area (Å²) in [4.78, 5) is 0. The van der Waals surface area contributed by atoms with E-state index in [9.17, 15) is 5.11 Å². The molecule has 0 bridgehead atoms. The fraction of sp³-hybridized carbons (Fsp3) is 0.571. The number of ether oxygens (including phenoxy) is 1. The van der Waals surface area contributed by atoms with E-state index >= 15 is 0 Å². The van der Waals surface area contributed by atoms with E-state index in [-0.39, 0.29) is 5.60 Å². The molecule has 1 saturated carbocycles. The van der Waals surface area contributed by atoms with Crippen LogP contribution in [0.1, 0.15) is 44.6 Å². The summed E-state index contributed by atoms with van der Waals surface area (Å²) in [5.74, 6) is 0.340. The van der Waals surface area contributed by atoms with Crippen molar-refractivity contribution in [2.24, 2.45) is 0 Å². The molecule has 2 rings (SSSR count). The lowest BCUT2D eigenvalue weighted by Crippen LogP contribution is -2.27. The van der Waals surface area contributed by atoms with Crippen LogP contribution in [0.5, 0.6) is 5.75 Å². The lowest BCUT2D eigenvalue weighted by molar-refractivity contribution is -0.0549. The molecule has 1 N–H and O–H groups in total. The molecule has 1 fully saturated rings. The number of rotatable bonds is 4. The minimum absolute atomic E-state index is 0.0717. The minimum atomic E-state index is 0.0717. The van der Waals surface area contributed by atoms with Gasteiger partial charge in [-0.1, -0.05) is 38.0 Å². The molecule has 0 atom stereocenters. The Bertz CT molecular complexity index is 340. The SMILES string of the molecule is CCC1(OCc2ccccc2O)CCCC1. The highest BCUT2D eigenvalue weighted by Crippen LogP contribution is 2.37. The van der Waals surface area contributed by atoms with Gasteiger partial charge in [-0.15, -0.1) is 0 Å². The second-order valence-corrected chi connectivity index (χ2v) is 4.66. The van der Waals surface area contributed by atoms with Gasteiger partial charge in [0.05, 0.1) is 12.2 Å². The third-order valence-electron chi connectivity index (χ3n) is 3.68. The van der Waals surface area contributed by atoms with Gasteiger partial charge in [0.15, 0.2) is 0 Å². The molecule has 0 saturated heterocycles. The molecule has 0 aromatic heterocycles. The normalized spacial score (nSPS) is 18.8. The van der Waals surface area contributed by atoms with Crippen LogP contribution in [0, 0.1) is 0 Å².